The van der Waals surface area contributed by atoms with E-state index >= 15 is 0 Å². The van der Waals surface area contributed by atoms with Crippen molar-refractivity contribution in [3.05, 3.63) is 148 Å². The van der Waals surface area contributed by atoms with Crippen molar-refractivity contribution in [3.8, 4) is 28.7 Å². The molecule has 0 aliphatic heterocycles. The molecule has 6 heteroatoms. The Hall–Kier alpha value is -6.14. The molecule has 5 aromatic carbocycles. The van der Waals surface area contributed by atoms with E-state index in [0.717, 1.165) is 61.5 Å². The van der Waals surface area contributed by atoms with E-state index in [1.807, 2.05) is 49.0 Å². The first-order valence-corrected chi connectivity index (χ1v) is 20.5. The van der Waals surface area contributed by atoms with Gasteiger partial charge in [-0.05, 0) is 142 Å². The van der Waals surface area contributed by atoms with Gasteiger partial charge in [0.2, 0.25) is 0 Å². The summed E-state index contributed by atoms with van der Waals surface area (Å²) in [6, 6.07) is 31.9. The Bertz CT molecular complexity index is 3120. The Balaban J connectivity index is 1.27. The maximum atomic E-state index is 8.60. The molecule has 4 aromatic heterocycles. The van der Waals surface area contributed by atoms with E-state index in [4.69, 9.17) is 17.6 Å². The zero-order valence-corrected chi connectivity index (χ0v) is 35.5. The Kier molecular flexibility index (Phi) is 8.49. The summed E-state index contributed by atoms with van der Waals surface area (Å²) in [4.78, 5) is 5.24. The normalized spacial score (nSPS) is 12.8. The highest BCUT2D eigenvalue weighted by Gasteiger charge is 2.24. The quantitative estimate of drug-likeness (QED) is 0.155. The fraction of sp³-hybridized carbons (Fsp3) is 0.269. The summed E-state index contributed by atoms with van der Waals surface area (Å²) in [6.07, 6.45) is 0.435. The fourth-order valence-electron chi connectivity index (χ4n) is 9.09. The number of aromatic nitrogens is 5. The zero-order chi connectivity index (χ0) is 42.5. The molecule has 0 atom stereocenters. The minimum Gasteiger partial charge on any atom is -0.457 e. The number of para-hydroxylation sites is 1. The Morgan fingerprint density at radius 1 is 0.638 bits per heavy atom. The smallest absolute Gasteiger partial charge is 0.142 e. The van der Waals surface area contributed by atoms with Crippen molar-refractivity contribution in [3.63, 3.8) is 0 Å². The lowest BCUT2D eigenvalue weighted by Gasteiger charge is -2.20. The second-order valence-electron chi connectivity index (χ2n) is 16.8. The van der Waals surface area contributed by atoms with Crippen molar-refractivity contribution in [1.29, 1.82) is 0 Å². The molecule has 58 heavy (non-hydrogen) atoms. The van der Waals surface area contributed by atoms with Crippen LogP contribution in [0.25, 0.3) is 60.8 Å². The molecule has 0 spiro atoms. The standard InChI is InChI=1S/C52H53N5O/c1-12-37-22-40(57-35(10)21-34(9)54-57)26-42(23-37)58-41-17-18-44-43-15-13-14-16-47(43)55(48(44)27-41)52-36(11)49(33(8)28-53-52)56-50-31(6)19-38(29(2)3)24-45(50)46-25-39(30(4)5)20-32(7)51(46)56/h13-30H,12H2,1-11H3/i12D2. The molecule has 0 unspecified atom stereocenters. The van der Waals surface area contributed by atoms with Crippen molar-refractivity contribution in [1.82, 2.24) is 23.9 Å². The lowest BCUT2D eigenvalue weighted by molar-refractivity contribution is 0.482. The summed E-state index contributed by atoms with van der Waals surface area (Å²) in [6.45, 7) is 23.5. The van der Waals surface area contributed by atoms with Crippen LogP contribution in [0.15, 0.2) is 97.2 Å². The summed E-state index contributed by atoms with van der Waals surface area (Å²) in [5, 5.41) is 9.49. The topological polar surface area (TPSA) is 49.8 Å². The highest BCUT2D eigenvalue weighted by atomic mass is 16.5. The minimum absolute atomic E-state index is 0.410. The van der Waals surface area contributed by atoms with Crippen LogP contribution in [-0.4, -0.2) is 23.9 Å². The third-order valence-electron chi connectivity index (χ3n) is 11.9. The van der Waals surface area contributed by atoms with Crippen LogP contribution in [0.5, 0.6) is 11.5 Å². The zero-order valence-electron chi connectivity index (χ0n) is 37.5. The molecule has 292 valence electrons. The molecule has 0 amide bonds. The number of ether oxygens (including phenoxy) is 1. The highest BCUT2D eigenvalue weighted by Crippen LogP contribution is 2.42. The van der Waals surface area contributed by atoms with Crippen molar-refractivity contribution in [2.24, 2.45) is 0 Å². The van der Waals surface area contributed by atoms with E-state index in [-0.39, 0.29) is 0 Å². The number of fused-ring (bicyclic) bond motifs is 6. The van der Waals surface area contributed by atoms with Crippen molar-refractivity contribution >= 4 is 43.6 Å². The van der Waals surface area contributed by atoms with Crippen LogP contribution in [0.4, 0.5) is 0 Å². The van der Waals surface area contributed by atoms with E-state index in [2.05, 4.69) is 125 Å². The van der Waals surface area contributed by atoms with E-state index in [1.165, 1.54) is 44.1 Å². The first kappa shape index (κ1) is 35.1. The van der Waals surface area contributed by atoms with Crippen molar-refractivity contribution in [2.45, 2.75) is 94.4 Å². The SMILES string of the molecule is [2H]C([2H])(C)c1cc(Oc2ccc3c4ccccc4n(-c4ncc(C)c(-n5c6c(C)cc(C(C)C)cc6c6cc(C(C)C)cc(C)c65)c4C)c3c2)cc(-n2nc(C)cc2C)c1. The van der Waals surface area contributed by atoms with Gasteiger partial charge in [0.25, 0.3) is 0 Å². The van der Waals surface area contributed by atoms with Gasteiger partial charge in [-0.3, -0.25) is 4.57 Å². The van der Waals surface area contributed by atoms with Crippen LogP contribution in [-0.2, 0) is 6.37 Å². The van der Waals surface area contributed by atoms with Crippen molar-refractivity contribution < 1.29 is 7.48 Å². The molecule has 0 saturated heterocycles. The van der Waals surface area contributed by atoms with E-state index < -0.39 is 6.37 Å². The van der Waals surface area contributed by atoms with E-state index in [9.17, 15) is 0 Å². The monoisotopic (exact) mass is 765 g/mol. The van der Waals surface area contributed by atoms with Gasteiger partial charge in [0.1, 0.15) is 17.3 Å². The number of rotatable bonds is 8. The molecule has 0 aliphatic rings. The number of nitrogens with zero attached hydrogens (tertiary/aromatic N) is 5. The summed E-state index contributed by atoms with van der Waals surface area (Å²) < 4.78 is 30.5. The van der Waals surface area contributed by atoms with Gasteiger partial charge < -0.3 is 9.30 Å². The summed E-state index contributed by atoms with van der Waals surface area (Å²) in [5.74, 6) is 2.85. The molecule has 0 aliphatic carbocycles. The van der Waals surface area contributed by atoms with Gasteiger partial charge in [-0.1, -0.05) is 65.0 Å². The first-order valence-electron chi connectivity index (χ1n) is 21.5. The van der Waals surface area contributed by atoms with Gasteiger partial charge in [-0.2, -0.15) is 5.10 Å². The largest absolute Gasteiger partial charge is 0.457 e. The lowest BCUT2D eigenvalue weighted by Crippen LogP contribution is -2.09. The van der Waals surface area contributed by atoms with Crippen LogP contribution < -0.4 is 4.74 Å². The number of pyridine rings is 1. The van der Waals surface area contributed by atoms with Crippen LogP contribution in [0.2, 0.25) is 0 Å². The molecule has 9 aromatic rings. The van der Waals surface area contributed by atoms with Gasteiger partial charge in [-0.15, -0.1) is 0 Å². The molecule has 4 heterocycles. The third kappa shape index (κ3) is 6.00. The van der Waals surface area contributed by atoms with Gasteiger partial charge in [0.05, 0.1) is 39.1 Å². The highest BCUT2D eigenvalue weighted by molar-refractivity contribution is 6.12. The first-order chi connectivity index (χ1) is 28.5. The van der Waals surface area contributed by atoms with Crippen LogP contribution in [0, 0.1) is 41.5 Å². The summed E-state index contributed by atoms with van der Waals surface area (Å²) in [7, 11) is 0. The number of hydrogen-bond acceptors (Lipinski definition) is 3. The van der Waals surface area contributed by atoms with Crippen LogP contribution in [0.3, 0.4) is 0 Å². The molecule has 0 saturated carbocycles. The van der Waals surface area contributed by atoms with Crippen LogP contribution in [0.1, 0.15) is 99.5 Å². The summed E-state index contributed by atoms with van der Waals surface area (Å²) in [5.41, 5.74) is 16.2. The Morgan fingerprint density at radius 2 is 1.29 bits per heavy atom. The fourth-order valence-corrected chi connectivity index (χ4v) is 9.09. The third-order valence-corrected chi connectivity index (χ3v) is 11.9. The lowest BCUT2D eigenvalue weighted by atomic mass is 9.95. The molecular formula is C52H53N5O. The molecule has 0 bridgehead atoms. The minimum atomic E-state index is -1.59. The predicted molar refractivity (Wildman–Crippen MR) is 243 cm³/mol. The molecular weight excluding hydrogens is 711 g/mol. The van der Waals surface area contributed by atoms with Crippen molar-refractivity contribution in [2.75, 3.05) is 0 Å². The van der Waals surface area contributed by atoms with Crippen LogP contribution >= 0.6 is 0 Å². The predicted octanol–water partition coefficient (Wildman–Crippen LogP) is 13.9. The van der Waals surface area contributed by atoms with Gasteiger partial charge in [0.15, 0.2) is 0 Å². The number of hydrogen-bond donors (Lipinski definition) is 0. The average Bonchev–Trinajstić information content (AvgIpc) is 3.83. The Labute approximate surface area is 344 Å². The number of benzene rings is 5. The molecule has 6 nitrogen and oxygen atoms in total. The summed E-state index contributed by atoms with van der Waals surface area (Å²) >= 11 is 0. The molecule has 0 radical (unpaired) electrons. The van der Waals surface area contributed by atoms with Gasteiger partial charge >= 0.3 is 0 Å². The molecule has 0 N–H and O–H groups in total. The van der Waals surface area contributed by atoms with E-state index in [1.54, 1.807) is 13.0 Å². The number of aryl methyl sites for hydroxylation is 6. The van der Waals surface area contributed by atoms with E-state index in [0.29, 0.717) is 28.9 Å². The molecule has 9 rings (SSSR count). The average molecular weight is 766 g/mol. The second kappa shape index (κ2) is 14.1. The maximum Gasteiger partial charge on any atom is 0.142 e. The maximum absolute atomic E-state index is 8.60. The van der Waals surface area contributed by atoms with Gasteiger partial charge in [0, 0.05) is 53.9 Å². The molecule has 0 fully saturated rings. The van der Waals surface area contributed by atoms with Gasteiger partial charge in [-0.25, -0.2) is 9.67 Å². The second-order valence-corrected chi connectivity index (χ2v) is 16.8. The Morgan fingerprint density at radius 3 is 1.91 bits per heavy atom.